The molecule has 2 heterocycles. The molecule has 190 valence electrons. The number of alkyl halides is 2. The monoisotopic (exact) mass is 511 g/mol. The lowest BCUT2D eigenvalue weighted by atomic mass is 9.96. The topological polar surface area (TPSA) is 90.0 Å². The normalized spacial score (nSPS) is 19.2. The van der Waals surface area contributed by atoms with E-state index in [2.05, 4.69) is 15.0 Å². The first-order valence-electron chi connectivity index (χ1n) is 11.1. The van der Waals surface area contributed by atoms with E-state index in [4.69, 9.17) is 9.47 Å². The Kier molecular flexibility index (Phi) is 8.71. The van der Waals surface area contributed by atoms with Crippen molar-refractivity contribution in [3.8, 4) is 11.5 Å². The number of halogens is 3. The number of nitrogens with one attached hydrogen (secondary N) is 1. The third-order valence-electron chi connectivity index (χ3n) is 6.09. The van der Waals surface area contributed by atoms with Crippen LogP contribution in [0, 0.1) is 5.92 Å². The van der Waals surface area contributed by atoms with Gasteiger partial charge in [0.15, 0.2) is 11.5 Å². The van der Waals surface area contributed by atoms with Gasteiger partial charge < -0.3 is 24.4 Å². The van der Waals surface area contributed by atoms with E-state index in [9.17, 15) is 18.4 Å². The molecular weight excluding hydrogens is 484 g/mol. The van der Waals surface area contributed by atoms with Gasteiger partial charge in [0, 0.05) is 19.5 Å². The Labute approximate surface area is 208 Å². The van der Waals surface area contributed by atoms with Gasteiger partial charge in [0.1, 0.15) is 17.6 Å². The molecule has 8 nitrogen and oxygen atoms in total. The maximum absolute atomic E-state index is 12.9. The van der Waals surface area contributed by atoms with Crippen molar-refractivity contribution in [1.82, 2.24) is 10.3 Å². The van der Waals surface area contributed by atoms with Crippen molar-refractivity contribution < 1.29 is 32.6 Å². The smallest absolute Gasteiger partial charge is 0.387 e. The van der Waals surface area contributed by atoms with Crippen molar-refractivity contribution in [2.24, 2.45) is 5.92 Å². The average molecular weight is 512 g/mol. The van der Waals surface area contributed by atoms with Gasteiger partial charge in [-0.25, -0.2) is 9.78 Å². The molecule has 35 heavy (non-hydrogen) atoms. The minimum atomic E-state index is -2.96. The lowest BCUT2D eigenvalue weighted by Gasteiger charge is -2.24. The summed E-state index contributed by atoms with van der Waals surface area (Å²) in [6.07, 6.45) is 2.55. The van der Waals surface area contributed by atoms with Crippen LogP contribution in [0.15, 0.2) is 36.4 Å². The second kappa shape index (κ2) is 11.5. The molecule has 2 aromatic rings. The molecule has 1 saturated carbocycles. The molecule has 1 saturated heterocycles. The number of hydrogen-bond donors (Lipinski definition) is 1. The lowest BCUT2D eigenvalue weighted by Crippen LogP contribution is -2.37. The number of hydrogen-bond acceptors (Lipinski definition) is 7. The van der Waals surface area contributed by atoms with Crippen LogP contribution in [0.5, 0.6) is 11.5 Å². The van der Waals surface area contributed by atoms with Crippen LogP contribution in [0.2, 0.25) is 0 Å². The van der Waals surface area contributed by atoms with Crippen molar-refractivity contribution >= 4 is 30.1 Å². The average Bonchev–Trinajstić information content (AvgIpc) is 3.57. The minimum Gasteiger partial charge on any atom is -0.489 e. The van der Waals surface area contributed by atoms with Crippen molar-refractivity contribution in [2.45, 2.75) is 37.8 Å². The zero-order valence-corrected chi connectivity index (χ0v) is 20.2. The van der Waals surface area contributed by atoms with Gasteiger partial charge in [-0.1, -0.05) is 12.1 Å². The van der Waals surface area contributed by atoms with Crippen molar-refractivity contribution in [1.29, 1.82) is 0 Å². The number of rotatable bonds is 9. The van der Waals surface area contributed by atoms with Gasteiger partial charge in [-0.2, -0.15) is 8.78 Å². The van der Waals surface area contributed by atoms with E-state index >= 15 is 0 Å². The Balaban J connectivity index is 0.00000342. The predicted octanol–water partition coefficient (Wildman–Crippen LogP) is 3.79. The number of esters is 1. The SMILES string of the molecule is CNC(=O)c1cccc(N2CC(c3ccc(OC(F)F)c(OCC4CC4)c3)CC2C(=O)OC)n1.Cl. The van der Waals surface area contributed by atoms with E-state index in [-0.39, 0.29) is 41.4 Å². The van der Waals surface area contributed by atoms with Gasteiger partial charge in [-0.3, -0.25) is 4.79 Å². The van der Waals surface area contributed by atoms with Gasteiger partial charge in [0.2, 0.25) is 0 Å². The van der Waals surface area contributed by atoms with Crippen LogP contribution in [-0.4, -0.2) is 56.8 Å². The fourth-order valence-corrected chi connectivity index (χ4v) is 4.10. The number of ether oxygens (including phenoxy) is 3. The number of aromatic nitrogens is 1. The molecule has 1 aliphatic carbocycles. The molecule has 2 unspecified atom stereocenters. The molecule has 11 heteroatoms. The fraction of sp³-hybridized carbons (Fsp3) is 0.458. The lowest BCUT2D eigenvalue weighted by molar-refractivity contribution is -0.142. The molecule has 1 aromatic carbocycles. The summed E-state index contributed by atoms with van der Waals surface area (Å²) < 4.78 is 41.2. The maximum atomic E-state index is 12.9. The third-order valence-corrected chi connectivity index (χ3v) is 6.09. The van der Waals surface area contributed by atoms with Crippen LogP contribution >= 0.6 is 12.4 Å². The molecule has 4 rings (SSSR count). The molecule has 1 aromatic heterocycles. The molecule has 1 N–H and O–H groups in total. The number of anilines is 1. The standard InChI is InChI=1S/C24H27F2N3O5.ClH/c1-27-22(30)17-4-3-5-21(28-17)29-12-16(10-18(29)23(31)32-2)15-8-9-19(34-24(25)26)20(11-15)33-13-14-6-7-14;/h3-5,8-9,11,14,16,18,24H,6-7,10,12-13H2,1-2H3,(H,27,30);1H. The Morgan fingerprint density at radius 3 is 2.63 bits per heavy atom. The number of benzene rings is 1. The molecule has 1 amide bonds. The summed E-state index contributed by atoms with van der Waals surface area (Å²) in [6, 6.07) is 9.30. The Morgan fingerprint density at radius 2 is 1.97 bits per heavy atom. The van der Waals surface area contributed by atoms with Crippen LogP contribution in [0.4, 0.5) is 14.6 Å². The van der Waals surface area contributed by atoms with E-state index < -0.39 is 18.6 Å². The van der Waals surface area contributed by atoms with Crippen LogP contribution in [-0.2, 0) is 9.53 Å². The molecule has 2 atom stereocenters. The van der Waals surface area contributed by atoms with E-state index in [0.717, 1.165) is 18.4 Å². The molecule has 0 spiro atoms. The summed E-state index contributed by atoms with van der Waals surface area (Å²) in [6.45, 7) is -2.10. The van der Waals surface area contributed by atoms with Gasteiger partial charge in [0.05, 0.1) is 13.7 Å². The highest BCUT2D eigenvalue weighted by Gasteiger charge is 2.39. The Hall–Kier alpha value is -3.14. The molecule has 2 aliphatic rings. The van der Waals surface area contributed by atoms with E-state index in [0.29, 0.717) is 31.3 Å². The van der Waals surface area contributed by atoms with Crippen LogP contribution in [0.25, 0.3) is 0 Å². The number of methoxy groups -OCH3 is 1. The predicted molar refractivity (Wildman–Crippen MR) is 127 cm³/mol. The second-order valence-corrected chi connectivity index (χ2v) is 8.42. The molecule has 1 aliphatic heterocycles. The first-order valence-corrected chi connectivity index (χ1v) is 11.1. The summed E-state index contributed by atoms with van der Waals surface area (Å²) in [5.41, 5.74) is 1.06. The maximum Gasteiger partial charge on any atom is 0.387 e. The van der Waals surface area contributed by atoms with Crippen molar-refractivity contribution in [2.75, 3.05) is 32.2 Å². The van der Waals surface area contributed by atoms with Crippen molar-refractivity contribution in [3.63, 3.8) is 0 Å². The highest BCUT2D eigenvalue weighted by Crippen LogP contribution is 2.40. The first kappa shape index (κ1) is 26.5. The highest BCUT2D eigenvalue weighted by atomic mass is 35.5. The number of carbonyl (C=O) groups is 2. The summed E-state index contributed by atoms with van der Waals surface area (Å²) in [7, 11) is 2.84. The molecule has 2 fully saturated rings. The zero-order chi connectivity index (χ0) is 24.2. The summed E-state index contributed by atoms with van der Waals surface area (Å²) in [5, 5.41) is 2.54. The second-order valence-electron chi connectivity index (χ2n) is 8.42. The number of carbonyl (C=O) groups excluding carboxylic acids is 2. The van der Waals surface area contributed by atoms with E-state index in [1.807, 2.05) is 0 Å². The third kappa shape index (κ3) is 6.30. The minimum absolute atomic E-state index is 0. The van der Waals surface area contributed by atoms with Crippen molar-refractivity contribution in [3.05, 3.63) is 47.7 Å². The Morgan fingerprint density at radius 1 is 1.20 bits per heavy atom. The largest absolute Gasteiger partial charge is 0.489 e. The summed E-state index contributed by atoms with van der Waals surface area (Å²) in [4.78, 5) is 30.8. The zero-order valence-electron chi connectivity index (χ0n) is 19.4. The highest BCUT2D eigenvalue weighted by molar-refractivity contribution is 5.92. The molecule has 0 bridgehead atoms. The van der Waals surface area contributed by atoms with Gasteiger partial charge in [0.25, 0.3) is 5.91 Å². The molecule has 0 radical (unpaired) electrons. The van der Waals surface area contributed by atoms with Gasteiger partial charge >= 0.3 is 12.6 Å². The number of nitrogens with zero attached hydrogens (tertiary/aromatic N) is 2. The van der Waals surface area contributed by atoms with Crippen LogP contribution in [0.3, 0.4) is 0 Å². The molecular formula is C24H28ClF2N3O5. The fourth-order valence-electron chi connectivity index (χ4n) is 4.10. The van der Waals surface area contributed by atoms with E-state index in [1.54, 1.807) is 35.2 Å². The van der Waals surface area contributed by atoms with Crippen LogP contribution in [0.1, 0.15) is 41.2 Å². The summed E-state index contributed by atoms with van der Waals surface area (Å²) in [5.74, 6) is 0.278. The first-order chi connectivity index (χ1) is 16.4. The quantitative estimate of drug-likeness (QED) is 0.512. The summed E-state index contributed by atoms with van der Waals surface area (Å²) >= 11 is 0. The number of pyridine rings is 1. The Bertz CT molecular complexity index is 1050. The van der Waals surface area contributed by atoms with Gasteiger partial charge in [-0.05, 0) is 55.0 Å². The van der Waals surface area contributed by atoms with Gasteiger partial charge in [-0.15, -0.1) is 12.4 Å². The van der Waals surface area contributed by atoms with E-state index in [1.165, 1.54) is 20.2 Å². The van der Waals surface area contributed by atoms with Crippen LogP contribution < -0.4 is 19.7 Å². The number of amides is 1.